The highest BCUT2D eigenvalue weighted by Gasteiger charge is 2.15. The van der Waals surface area contributed by atoms with Gasteiger partial charge in [0.25, 0.3) is 0 Å². The normalized spacial score (nSPS) is 11.5. The second-order valence-corrected chi connectivity index (χ2v) is 5.68. The van der Waals surface area contributed by atoms with Crippen molar-refractivity contribution in [1.82, 2.24) is 14.7 Å². The molecule has 1 unspecified atom stereocenters. The van der Waals surface area contributed by atoms with Crippen molar-refractivity contribution in [2.24, 2.45) is 4.99 Å². The van der Waals surface area contributed by atoms with Crippen molar-refractivity contribution in [1.29, 1.82) is 0 Å². The number of aliphatic imine (C=N–C) groups is 1. The van der Waals surface area contributed by atoms with Crippen molar-refractivity contribution in [3.63, 3.8) is 0 Å². The van der Waals surface area contributed by atoms with Gasteiger partial charge in [0.1, 0.15) is 5.75 Å². The summed E-state index contributed by atoms with van der Waals surface area (Å²) >= 11 is 0. The molecule has 0 heterocycles. The van der Waals surface area contributed by atoms with Gasteiger partial charge in [-0.05, 0) is 31.8 Å². The standard InChI is InChI=1S/C16H28N4O.HI/c1-18(2)15(12-17-16(19(3)4)20(5)6)13-8-10-14(21-7)11-9-13;/h8-11,15H,12H2,1-7H3;1H. The molecule has 6 heteroatoms. The molecule has 0 radical (unpaired) electrons. The zero-order valence-electron chi connectivity index (χ0n) is 14.7. The van der Waals surface area contributed by atoms with Gasteiger partial charge in [-0.1, -0.05) is 12.1 Å². The minimum Gasteiger partial charge on any atom is -0.497 e. The van der Waals surface area contributed by atoms with Crippen LogP contribution >= 0.6 is 24.0 Å². The van der Waals surface area contributed by atoms with Crippen LogP contribution < -0.4 is 4.74 Å². The number of ether oxygens (including phenoxy) is 1. The summed E-state index contributed by atoms with van der Waals surface area (Å²) in [6, 6.07) is 8.43. The van der Waals surface area contributed by atoms with Gasteiger partial charge >= 0.3 is 0 Å². The molecule has 5 nitrogen and oxygen atoms in total. The lowest BCUT2D eigenvalue weighted by Gasteiger charge is -2.26. The molecule has 22 heavy (non-hydrogen) atoms. The van der Waals surface area contributed by atoms with Crippen LogP contribution in [0.1, 0.15) is 11.6 Å². The first-order chi connectivity index (χ1) is 9.86. The van der Waals surface area contributed by atoms with E-state index in [-0.39, 0.29) is 30.0 Å². The Bertz CT molecular complexity index is 448. The number of guanidine groups is 1. The highest BCUT2D eigenvalue weighted by molar-refractivity contribution is 14.0. The fraction of sp³-hybridized carbons (Fsp3) is 0.562. The van der Waals surface area contributed by atoms with Crippen molar-refractivity contribution in [3.8, 4) is 5.75 Å². The number of nitrogens with zero attached hydrogens (tertiary/aromatic N) is 4. The summed E-state index contributed by atoms with van der Waals surface area (Å²) < 4.78 is 5.22. The third-order valence-corrected chi connectivity index (χ3v) is 3.33. The number of halogens is 1. The van der Waals surface area contributed by atoms with E-state index in [9.17, 15) is 0 Å². The average molecular weight is 420 g/mol. The number of likely N-dealkylation sites (N-methyl/N-ethyl adjacent to an activating group) is 1. The van der Waals surface area contributed by atoms with E-state index in [0.29, 0.717) is 6.54 Å². The van der Waals surface area contributed by atoms with Gasteiger partial charge in [0.15, 0.2) is 5.96 Å². The summed E-state index contributed by atoms with van der Waals surface area (Å²) in [5.41, 5.74) is 1.24. The minimum absolute atomic E-state index is 0. The van der Waals surface area contributed by atoms with Gasteiger partial charge in [-0.15, -0.1) is 24.0 Å². The molecule has 0 N–H and O–H groups in total. The summed E-state index contributed by atoms with van der Waals surface area (Å²) in [7, 11) is 13.9. The summed E-state index contributed by atoms with van der Waals surface area (Å²) in [4.78, 5) is 11.0. The van der Waals surface area contributed by atoms with E-state index in [0.717, 1.165) is 11.7 Å². The van der Waals surface area contributed by atoms with Crippen LogP contribution in [-0.4, -0.2) is 76.6 Å². The molecule has 1 aromatic carbocycles. The number of rotatable bonds is 5. The summed E-state index contributed by atoms with van der Waals surface area (Å²) in [5.74, 6) is 1.84. The fourth-order valence-electron chi connectivity index (χ4n) is 2.24. The maximum atomic E-state index is 5.22. The average Bonchev–Trinajstić information content (AvgIpc) is 2.42. The Kier molecular flexibility index (Phi) is 9.43. The van der Waals surface area contributed by atoms with Gasteiger partial charge in [-0.2, -0.15) is 0 Å². The van der Waals surface area contributed by atoms with Crippen LogP contribution in [0.3, 0.4) is 0 Å². The third kappa shape index (κ3) is 6.00. The molecule has 0 aromatic heterocycles. The van der Waals surface area contributed by atoms with Crippen LogP contribution in [0.2, 0.25) is 0 Å². The second-order valence-electron chi connectivity index (χ2n) is 5.68. The second kappa shape index (κ2) is 9.89. The molecule has 1 rings (SSSR count). The maximum Gasteiger partial charge on any atom is 0.195 e. The fourth-order valence-corrected chi connectivity index (χ4v) is 2.24. The predicted octanol–water partition coefficient (Wildman–Crippen LogP) is 2.40. The van der Waals surface area contributed by atoms with Crippen LogP contribution in [0.5, 0.6) is 5.75 Å². The molecule has 126 valence electrons. The molecule has 0 aliphatic carbocycles. The van der Waals surface area contributed by atoms with Crippen molar-refractivity contribution >= 4 is 29.9 Å². The minimum atomic E-state index is 0. The summed E-state index contributed by atoms with van der Waals surface area (Å²) in [5, 5.41) is 0. The predicted molar refractivity (Wildman–Crippen MR) is 105 cm³/mol. The Balaban J connectivity index is 0.00000441. The molecular weight excluding hydrogens is 391 g/mol. The highest BCUT2D eigenvalue weighted by Crippen LogP contribution is 2.21. The monoisotopic (exact) mass is 420 g/mol. The highest BCUT2D eigenvalue weighted by atomic mass is 127. The Labute approximate surface area is 152 Å². The molecular formula is C16H29IN4O. The van der Waals surface area contributed by atoms with Gasteiger partial charge in [0, 0.05) is 28.2 Å². The van der Waals surface area contributed by atoms with Gasteiger partial charge in [-0.3, -0.25) is 4.99 Å². The largest absolute Gasteiger partial charge is 0.497 e. The first kappa shape index (κ1) is 21.0. The first-order valence-corrected chi connectivity index (χ1v) is 7.06. The smallest absolute Gasteiger partial charge is 0.195 e. The van der Waals surface area contributed by atoms with E-state index in [1.165, 1.54) is 5.56 Å². The lowest BCUT2D eigenvalue weighted by molar-refractivity contribution is 0.304. The zero-order chi connectivity index (χ0) is 16.0. The van der Waals surface area contributed by atoms with Crippen molar-refractivity contribution < 1.29 is 4.74 Å². The first-order valence-electron chi connectivity index (χ1n) is 7.06. The van der Waals surface area contributed by atoms with Crippen LogP contribution in [0.15, 0.2) is 29.3 Å². The Morgan fingerprint density at radius 3 is 1.86 bits per heavy atom. The van der Waals surface area contributed by atoms with E-state index in [1.807, 2.05) is 50.1 Å². The van der Waals surface area contributed by atoms with Gasteiger partial charge in [-0.25, -0.2) is 0 Å². The molecule has 0 saturated heterocycles. The topological polar surface area (TPSA) is 31.3 Å². The van der Waals surface area contributed by atoms with E-state index < -0.39 is 0 Å². The van der Waals surface area contributed by atoms with Crippen LogP contribution in [0.25, 0.3) is 0 Å². The zero-order valence-corrected chi connectivity index (χ0v) is 17.0. The number of methoxy groups -OCH3 is 1. The lowest BCUT2D eigenvalue weighted by atomic mass is 10.1. The number of hydrogen-bond donors (Lipinski definition) is 0. The molecule has 0 spiro atoms. The van der Waals surface area contributed by atoms with Gasteiger partial charge in [0.2, 0.25) is 0 Å². The van der Waals surface area contributed by atoms with E-state index in [2.05, 4.69) is 31.1 Å². The molecule has 0 bridgehead atoms. The van der Waals surface area contributed by atoms with Crippen LogP contribution in [0.4, 0.5) is 0 Å². The molecule has 0 fully saturated rings. The molecule has 0 saturated carbocycles. The molecule has 0 aliphatic heterocycles. The Hall–Kier alpha value is -1.02. The third-order valence-electron chi connectivity index (χ3n) is 3.33. The lowest BCUT2D eigenvalue weighted by Crippen LogP contribution is -2.36. The van der Waals surface area contributed by atoms with E-state index in [4.69, 9.17) is 9.73 Å². The van der Waals surface area contributed by atoms with E-state index >= 15 is 0 Å². The number of hydrogen-bond acceptors (Lipinski definition) is 3. The Morgan fingerprint density at radius 2 is 1.50 bits per heavy atom. The Morgan fingerprint density at radius 1 is 1.00 bits per heavy atom. The molecule has 1 aromatic rings. The van der Waals surface area contributed by atoms with Crippen LogP contribution in [-0.2, 0) is 0 Å². The van der Waals surface area contributed by atoms with Crippen LogP contribution in [0, 0.1) is 0 Å². The van der Waals surface area contributed by atoms with Crippen molar-refractivity contribution in [2.45, 2.75) is 6.04 Å². The SMILES string of the molecule is COc1ccc(C(CN=C(N(C)C)N(C)C)N(C)C)cc1.I. The van der Waals surface area contributed by atoms with Crippen molar-refractivity contribution in [3.05, 3.63) is 29.8 Å². The molecule has 1 atom stereocenters. The van der Waals surface area contributed by atoms with Gasteiger partial charge in [0.05, 0.1) is 19.7 Å². The summed E-state index contributed by atoms with van der Waals surface area (Å²) in [6.45, 7) is 0.713. The van der Waals surface area contributed by atoms with Crippen molar-refractivity contribution in [2.75, 3.05) is 55.9 Å². The molecule has 0 amide bonds. The quantitative estimate of drug-likeness (QED) is 0.416. The maximum absolute atomic E-state index is 5.22. The van der Waals surface area contributed by atoms with Gasteiger partial charge < -0.3 is 19.4 Å². The summed E-state index contributed by atoms with van der Waals surface area (Å²) in [6.07, 6.45) is 0. The molecule has 0 aliphatic rings. The number of benzene rings is 1. The van der Waals surface area contributed by atoms with E-state index in [1.54, 1.807) is 7.11 Å².